The van der Waals surface area contributed by atoms with E-state index in [1.54, 1.807) is 23.1 Å². The summed E-state index contributed by atoms with van der Waals surface area (Å²) in [5.41, 5.74) is 0.599. The van der Waals surface area contributed by atoms with Crippen molar-refractivity contribution < 1.29 is 22.7 Å². The molecule has 0 radical (unpaired) electrons. The van der Waals surface area contributed by atoms with Gasteiger partial charge in [0.15, 0.2) is 0 Å². The first kappa shape index (κ1) is 23.6. The average molecular weight is 460 g/mol. The molecule has 0 aliphatic carbocycles. The van der Waals surface area contributed by atoms with Crippen molar-refractivity contribution in [3.8, 4) is 5.75 Å². The Bertz CT molecular complexity index is 1080. The third kappa shape index (κ3) is 5.40. The Morgan fingerprint density at radius 2 is 1.78 bits per heavy atom. The molecule has 8 nitrogen and oxygen atoms in total. The summed E-state index contributed by atoms with van der Waals surface area (Å²) in [6.07, 6.45) is 3.61. The van der Waals surface area contributed by atoms with Crippen molar-refractivity contribution >= 4 is 27.5 Å². The number of para-hydroxylation sites is 1. The van der Waals surface area contributed by atoms with E-state index in [1.807, 2.05) is 6.92 Å². The highest BCUT2D eigenvalue weighted by atomic mass is 32.2. The van der Waals surface area contributed by atoms with Crippen molar-refractivity contribution in [2.75, 3.05) is 31.5 Å². The maximum Gasteiger partial charge on any atom is 0.261 e. The van der Waals surface area contributed by atoms with Gasteiger partial charge in [-0.2, -0.15) is 0 Å². The molecule has 0 unspecified atom stereocenters. The molecule has 2 N–H and O–H groups in total. The zero-order chi connectivity index (χ0) is 23.1. The molecule has 172 valence electrons. The molecule has 32 heavy (non-hydrogen) atoms. The third-order valence-corrected chi connectivity index (χ3v) is 6.70. The van der Waals surface area contributed by atoms with Crippen LogP contribution in [-0.2, 0) is 10.0 Å². The van der Waals surface area contributed by atoms with Gasteiger partial charge < -0.3 is 15.0 Å². The molecule has 9 heteroatoms. The van der Waals surface area contributed by atoms with Gasteiger partial charge in [0.25, 0.3) is 21.8 Å². The van der Waals surface area contributed by atoms with E-state index in [0.29, 0.717) is 25.4 Å². The van der Waals surface area contributed by atoms with Crippen molar-refractivity contribution in [1.82, 2.24) is 10.2 Å². The normalized spacial score (nSPS) is 13.6. The van der Waals surface area contributed by atoms with Crippen LogP contribution in [0.25, 0.3) is 0 Å². The number of methoxy groups -OCH3 is 1. The van der Waals surface area contributed by atoms with Crippen molar-refractivity contribution in [2.24, 2.45) is 0 Å². The largest absolute Gasteiger partial charge is 0.496 e. The lowest BCUT2D eigenvalue weighted by Crippen LogP contribution is -2.28. The second kappa shape index (κ2) is 10.5. The van der Waals surface area contributed by atoms with Crippen molar-refractivity contribution in [2.45, 2.75) is 37.5 Å². The van der Waals surface area contributed by atoms with E-state index >= 15 is 0 Å². The zero-order valence-corrected chi connectivity index (χ0v) is 19.2. The molecule has 1 fully saturated rings. The minimum atomic E-state index is -4.06. The molecule has 0 atom stereocenters. The summed E-state index contributed by atoms with van der Waals surface area (Å²) in [6, 6.07) is 10.6. The zero-order valence-electron chi connectivity index (χ0n) is 18.4. The Balaban J connectivity index is 1.88. The summed E-state index contributed by atoms with van der Waals surface area (Å²) in [7, 11) is -2.61. The molecule has 1 aliphatic rings. The lowest BCUT2D eigenvalue weighted by molar-refractivity contribution is 0.0789. The van der Waals surface area contributed by atoms with E-state index in [-0.39, 0.29) is 33.5 Å². The van der Waals surface area contributed by atoms with Gasteiger partial charge in [-0.05, 0) is 49.6 Å². The molecular weight excluding hydrogens is 430 g/mol. The number of nitrogens with zero attached hydrogens (tertiary/aromatic N) is 1. The first-order chi connectivity index (χ1) is 15.4. The van der Waals surface area contributed by atoms with E-state index in [4.69, 9.17) is 4.74 Å². The lowest BCUT2D eigenvalue weighted by atomic mass is 10.1. The van der Waals surface area contributed by atoms with Gasteiger partial charge in [-0.15, -0.1) is 0 Å². The highest BCUT2D eigenvalue weighted by molar-refractivity contribution is 7.92. The minimum absolute atomic E-state index is 0.0814. The summed E-state index contributed by atoms with van der Waals surface area (Å²) in [5, 5.41) is 2.80. The predicted octanol–water partition coefficient (Wildman–Crippen LogP) is 3.26. The fourth-order valence-corrected chi connectivity index (χ4v) is 4.67. The quantitative estimate of drug-likeness (QED) is 0.560. The molecule has 0 aromatic heterocycles. The van der Waals surface area contributed by atoms with Gasteiger partial charge in [0, 0.05) is 19.6 Å². The molecule has 0 saturated carbocycles. The molecule has 1 heterocycles. The van der Waals surface area contributed by atoms with Gasteiger partial charge in [-0.3, -0.25) is 14.3 Å². The number of sulfonamides is 1. The number of anilines is 1. The van der Waals surface area contributed by atoms with Crippen LogP contribution in [0, 0.1) is 0 Å². The van der Waals surface area contributed by atoms with Gasteiger partial charge in [0.1, 0.15) is 5.75 Å². The number of hydrogen-bond donors (Lipinski definition) is 2. The third-order valence-electron chi connectivity index (χ3n) is 5.34. The maximum atomic E-state index is 13.1. The van der Waals surface area contributed by atoms with Crippen LogP contribution < -0.4 is 14.8 Å². The monoisotopic (exact) mass is 459 g/mol. The van der Waals surface area contributed by atoms with E-state index in [2.05, 4.69) is 10.0 Å². The second-order valence-electron chi connectivity index (χ2n) is 7.62. The minimum Gasteiger partial charge on any atom is -0.496 e. The van der Waals surface area contributed by atoms with Crippen LogP contribution in [-0.4, -0.2) is 51.9 Å². The highest BCUT2D eigenvalue weighted by Crippen LogP contribution is 2.27. The summed E-state index contributed by atoms with van der Waals surface area (Å²) in [4.78, 5) is 27.0. The van der Waals surface area contributed by atoms with Crippen molar-refractivity contribution in [3.63, 3.8) is 0 Å². The SMILES string of the molecule is CCCCNC(=O)c1ccccc1NS(=O)(=O)c1ccc(OC)c(C(=O)N2CCCC2)c1. The molecule has 2 aromatic rings. The Hall–Kier alpha value is -3.07. The standard InChI is InChI=1S/C23H29N3O5S/c1-3-4-13-24-22(27)18-9-5-6-10-20(18)25-32(29,30)17-11-12-21(31-2)19(16-17)23(28)26-14-7-8-15-26/h5-6,9-12,16,25H,3-4,7-8,13-15H2,1-2H3,(H,24,27). The van der Waals surface area contributed by atoms with Gasteiger partial charge in [-0.25, -0.2) is 8.42 Å². The number of ether oxygens (including phenoxy) is 1. The Morgan fingerprint density at radius 1 is 1.06 bits per heavy atom. The van der Waals surface area contributed by atoms with Gasteiger partial charge in [-0.1, -0.05) is 25.5 Å². The Morgan fingerprint density at radius 3 is 2.47 bits per heavy atom. The first-order valence-electron chi connectivity index (χ1n) is 10.7. The smallest absolute Gasteiger partial charge is 0.261 e. The number of unbranched alkanes of at least 4 members (excludes halogenated alkanes) is 1. The number of nitrogens with one attached hydrogen (secondary N) is 2. The topological polar surface area (TPSA) is 105 Å². The number of carbonyl (C=O) groups is 2. The molecule has 0 spiro atoms. The van der Waals surface area contributed by atoms with Gasteiger partial charge in [0.2, 0.25) is 0 Å². The maximum absolute atomic E-state index is 13.1. The lowest BCUT2D eigenvalue weighted by Gasteiger charge is -2.18. The number of amides is 2. The number of rotatable bonds is 9. The van der Waals surface area contributed by atoms with Crippen LogP contribution in [0.2, 0.25) is 0 Å². The van der Waals surface area contributed by atoms with Crippen LogP contribution in [0.4, 0.5) is 5.69 Å². The Kier molecular flexibility index (Phi) is 7.74. The number of carbonyl (C=O) groups excluding carboxylic acids is 2. The molecule has 3 rings (SSSR count). The molecule has 0 bridgehead atoms. The highest BCUT2D eigenvalue weighted by Gasteiger charge is 2.26. The number of benzene rings is 2. The molecule has 1 aliphatic heterocycles. The van der Waals surface area contributed by atoms with E-state index in [1.165, 1.54) is 31.4 Å². The second-order valence-corrected chi connectivity index (χ2v) is 9.30. The summed E-state index contributed by atoms with van der Waals surface area (Å²) >= 11 is 0. The predicted molar refractivity (Wildman–Crippen MR) is 123 cm³/mol. The molecule has 2 aromatic carbocycles. The molecular formula is C23H29N3O5S. The van der Waals surface area contributed by atoms with Crippen molar-refractivity contribution in [3.05, 3.63) is 53.6 Å². The van der Waals surface area contributed by atoms with E-state index in [0.717, 1.165) is 25.7 Å². The van der Waals surface area contributed by atoms with Crippen LogP contribution in [0.15, 0.2) is 47.4 Å². The van der Waals surface area contributed by atoms with Crippen molar-refractivity contribution in [1.29, 1.82) is 0 Å². The molecule has 1 saturated heterocycles. The number of hydrogen-bond acceptors (Lipinski definition) is 5. The summed E-state index contributed by atoms with van der Waals surface area (Å²) < 4.78 is 34.0. The average Bonchev–Trinajstić information content (AvgIpc) is 3.33. The van der Waals surface area contributed by atoms with E-state index in [9.17, 15) is 18.0 Å². The van der Waals surface area contributed by atoms with Crippen LogP contribution in [0.5, 0.6) is 5.75 Å². The van der Waals surface area contributed by atoms with Crippen LogP contribution in [0.1, 0.15) is 53.3 Å². The molecule has 2 amide bonds. The van der Waals surface area contributed by atoms with E-state index < -0.39 is 10.0 Å². The summed E-state index contributed by atoms with van der Waals surface area (Å²) in [5.74, 6) is -0.292. The number of likely N-dealkylation sites (tertiary alicyclic amines) is 1. The van der Waals surface area contributed by atoms with Crippen LogP contribution >= 0.6 is 0 Å². The fraction of sp³-hybridized carbons (Fsp3) is 0.391. The van der Waals surface area contributed by atoms with Crippen LogP contribution in [0.3, 0.4) is 0 Å². The summed E-state index contributed by atoms with van der Waals surface area (Å²) in [6.45, 7) is 3.80. The van der Waals surface area contributed by atoms with Gasteiger partial charge in [0.05, 0.1) is 28.8 Å². The Labute approximate surface area is 189 Å². The fourth-order valence-electron chi connectivity index (χ4n) is 3.56. The first-order valence-corrected chi connectivity index (χ1v) is 12.2. The van der Waals surface area contributed by atoms with Gasteiger partial charge >= 0.3 is 0 Å².